The Hall–Kier alpha value is -3.79. The van der Waals surface area contributed by atoms with Crippen LogP contribution < -0.4 is 30.6 Å². The van der Waals surface area contributed by atoms with Gasteiger partial charge in [0.25, 0.3) is 11.5 Å². The van der Waals surface area contributed by atoms with Crippen molar-refractivity contribution < 1.29 is 38.2 Å². The average Bonchev–Trinajstić information content (AvgIpc) is 3.67. The molecule has 4 heterocycles. The summed E-state index contributed by atoms with van der Waals surface area (Å²) < 4.78 is 32.2. The fraction of sp³-hybridized carbons (Fsp3) is 0.321. The van der Waals surface area contributed by atoms with Crippen LogP contribution in [-0.2, 0) is 26.8 Å². The van der Waals surface area contributed by atoms with Crippen LogP contribution >= 0.6 is 19.3 Å². The molecule has 1 saturated heterocycles. The zero-order valence-corrected chi connectivity index (χ0v) is 25.4. The predicted molar refractivity (Wildman–Crippen MR) is 161 cm³/mol. The number of nitrogens with one attached hydrogen (secondary N) is 3. The van der Waals surface area contributed by atoms with Gasteiger partial charge in [-0.3, -0.25) is 24.0 Å². The largest absolute Gasteiger partial charge is 0.766 e. The summed E-state index contributed by atoms with van der Waals surface area (Å²) in [6, 6.07) is 14.5. The maximum absolute atomic E-state index is 12.9. The fourth-order valence-electron chi connectivity index (χ4n) is 5.30. The van der Waals surface area contributed by atoms with Gasteiger partial charge in [0.1, 0.15) is 37.2 Å². The summed E-state index contributed by atoms with van der Waals surface area (Å²) in [4.78, 5) is 35.3. The molecule has 3 aromatic heterocycles. The van der Waals surface area contributed by atoms with Crippen LogP contribution in [0.4, 0.5) is 5.95 Å². The fourth-order valence-corrected chi connectivity index (χ4v) is 6.25. The molecule has 0 radical (unpaired) electrons. The van der Waals surface area contributed by atoms with Gasteiger partial charge in [0.15, 0.2) is 6.33 Å². The number of nitrogens with two attached hydrogens (primary N) is 1. The van der Waals surface area contributed by atoms with Crippen LogP contribution in [0.2, 0.25) is 5.02 Å². The van der Waals surface area contributed by atoms with E-state index in [2.05, 4.69) is 20.0 Å². The molecule has 0 saturated carbocycles. The first-order valence-corrected chi connectivity index (χ1v) is 16.0. The van der Waals surface area contributed by atoms with Crippen LogP contribution in [0.3, 0.4) is 0 Å². The second-order valence-corrected chi connectivity index (χ2v) is 12.5. The van der Waals surface area contributed by atoms with E-state index in [0.29, 0.717) is 17.2 Å². The van der Waals surface area contributed by atoms with E-state index in [9.17, 15) is 24.5 Å². The lowest BCUT2D eigenvalue weighted by molar-refractivity contribution is -0.746. The highest BCUT2D eigenvalue weighted by Gasteiger charge is 2.47. The molecule has 6 rings (SSSR count). The Bertz CT molecular complexity index is 1910. The van der Waals surface area contributed by atoms with E-state index in [1.807, 2.05) is 30.5 Å². The molecule has 5 aromatic rings. The number of H-pyrrole nitrogens is 2. The van der Waals surface area contributed by atoms with Gasteiger partial charge < -0.3 is 39.8 Å². The van der Waals surface area contributed by atoms with E-state index in [4.69, 9.17) is 31.3 Å². The number of hydrogen-bond donors (Lipinski definition) is 6. The molecule has 7 N–H and O–H groups in total. The van der Waals surface area contributed by atoms with Crippen molar-refractivity contribution in [1.29, 1.82) is 0 Å². The number of anilines is 1. The number of nitrogens with zero attached hydrogens (tertiary/aromatic N) is 3. The summed E-state index contributed by atoms with van der Waals surface area (Å²) in [5.74, 6) is 0.402. The van der Waals surface area contributed by atoms with Gasteiger partial charge in [0.2, 0.25) is 19.5 Å². The Morgan fingerprint density at radius 1 is 1.20 bits per heavy atom. The maximum atomic E-state index is 12.9. The van der Waals surface area contributed by atoms with Crippen LogP contribution in [0, 0.1) is 0 Å². The maximum Gasteiger partial charge on any atom is 0.313 e. The summed E-state index contributed by atoms with van der Waals surface area (Å²) >= 11 is 5.92. The molecule has 0 amide bonds. The third-order valence-corrected chi connectivity index (χ3v) is 8.85. The summed E-state index contributed by atoms with van der Waals surface area (Å²) in [5, 5.41) is 25.6. The van der Waals surface area contributed by atoms with Gasteiger partial charge >= 0.3 is 5.65 Å². The monoisotopic (exact) mass is 659 g/mol. The van der Waals surface area contributed by atoms with Crippen molar-refractivity contribution in [2.75, 3.05) is 25.5 Å². The van der Waals surface area contributed by atoms with Crippen molar-refractivity contribution in [2.24, 2.45) is 0 Å². The molecule has 238 valence electrons. The van der Waals surface area contributed by atoms with Crippen molar-refractivity contribution >= 4 is 47.4 Å². The number of fused-ring (bicyclic) bond motifs is 2. The van der Waals surface area contributed by atoms with Crippen LogP contribution in [0.1, 0.15) is 11.8 Å². The Morgan fingerprint density at radius 2 is 1.98 bits per heavy atom. The topological polar surface area (TPSA) is 217 Å². The number of aromatic amines is 2. The standard InChI is InChI=1S/C28H31ClN7O8P/c29-17-5-7-18(8-6-17)42-12-11-35-15-36(25-22(35)26(39)34-28(30)33-25)27-24(38)23(37)21(44-27)14-43-45(40,41)32-10-9-16-13-31-20-4-2-1-3-19(16)20/h1-8,13,15,21,23-24,27,31,37-38H,9-12,14H2,(H4-,30,32,33,34,39,40,41)/t21-,23?,24+,27-/m1/s1. The van der Waals surface area contributed by atoms with Gasteiger partial charge in [0, 0.05) is 28.7 Å². The van der Waals surface area contributed by atoms with Crippen LogP contribution in [-0.4, -0.2) is 67.8 Å². The SMILES string of the molecule is Nc1nc2c(c(=O)[nH]1)n(CCOc1ccc(Cl)cc1)c[n+]2[C@@H]1O[C@H](COP(=O)([O-])NCCc2c[nH]c3ccccc23)C(O)[C@@H]1O. The van der Waals surface area contributed by atoms with Gasteiger partial charge in [-0.2, -0.15) is 0 Å². The number of para-hydroxylation sites is 1. The van der Waals surface area contributed by atoms with E-state index in [1.54, 1.807) is 28.8 Å². The number of halogens is 1. The van der Waals surface area contributed by atoms with Crippen molar-refractivity contribution in [3.63, 3.8) is 0 Å². The molecule has 15 nitrogen and oxygen atoms in total. The highest BCUT2D eigenvalue weighted by Crippen LogP contribution is 2.35. The second-order valence-electron chi connectivity index (χ2n) is 10.5. The predicted octanol–water partition coefficient (Wildman–Crippen LogP) is 0.744. The molecule has 2 unspecified atom stereocenters. The van der Waals surface area contributed by atoms with Crippen LogP contribution in [0.5, 0.6) is 5.75 Å². The molecule has 17 heteroatoms. The average molecular weight is 660 g/mol. The molecule has 0 spiro atoms. The molecule has 1 aliphatic rings. The number of aliphatic hydroxyl groups is 2. The number of nitrogen functional groups attached to an aromatic ring is 1. The number of rotatable bonds is 12. The van der Waals surface area contributed by atoms with E-state index >= 15 is 0 Å². The minimum Gasteiger partial charge on any atom is -0.766 e. The third-order valence-electron chi connectivity index (χ3n) is 7.50. The lowest BCUT2D eigenvalue weighted by atomic mass is 10.1. The van der Waals surface area contributed by atoms with Crippen molar-refractivity contribution in [3.05, 3.63) is 82.0 Å². The summed E-state index contributed by atoms with van der Waals surface area (Å²) in [6.07, 6.45) is -1.78. The summed E-state index contributed by atoms with van der Waals surface area (Å²) in [7, 11) is -4.54. The van der Waals surface area contributed by atoms with Gasteiger partial charge in [0.05, 0.1) is 6.61 Å². The van der Waals surface area contributed by atoms with Gasteiger partial charge in [-0.25, -0.2) is 4.57 Å². The number of aliphatic hydroxyl groups excluding tert-OH is 2. The molecule has 1 aliphatic heterocycles. The summed E-state index contributed by atoms with van der Waals surface area (Å²) in [6.45, 7) is -0.128. The Labute approximate surface area is 260 Å². The zero-order chi connectivity index (χ0) is 31.7. The summed E-state index contributed by atoms with van der Waals surface area (Å²) in [5.41, 5.74) is 7.35. The van der Waals surface area contributed by atoms with Crippen molar-refractivity contribution in [2.45, 2.75) is 37.5 Å². The van der Waals surface area contributed by atoms with Gasteiger partial charge in [-0.15, -0.1) is 0 Å². The minimum absolute atomic E-state index is 0.0778. The number of hydrogen-bond acceptors (Lipinski definition) is 10. The number of benzene rings is 2. The molecular formula is C28H31ClN7O8P. The van der Waals surface area contributed by atoms with Crippen LogP contribution in [0.25, 0.3) is 22.1 Å². The second kappa shape index (κ2) is 12.9. The molecular weight excluding hydrogens is 629 g/mol. The first kappa shape index (κ1) is 31.2. The Balaban J connectivity index is 1.11. The molecule has 45 heavy (non-hydrogen) atoms. The Morgan fingerprint density at radius 3 is 2.78 bits per heavy atom. The quantitative estimate of drug-likeness (QED) is 0.0811. The van der Waals surface area contributed by atoms with Crippen LogP contribution in [0.15, 0.2) is 65.8 Å². The van der Waals surface area contributed by atoms with Crippen molar-refractivity contribution in [3.8, 4) is 5.75 Å². The lowest BCUT2D eigenvalue weighted by Crippen LogP contribution is -2.46. The third kappa shape index (κ3) is 6.76. The number of ether oxygens (including phenoxy) is 2. The molecule has 5 atom stereocenters. The minimum atomic E-state index is -4.54. The van der Waals surface area contributed by atoms with E-state index in [1.165, 1.54) is 10.9 Å². The van der Waals surface area contributed by atoms with Crippen molar-refractivity contribution in [1.82, 2.24) is 24.6 Å². The number of aromatic nitrogens is 5. The molecule has 1 fully saturated rings. The highest BCUT2D eigenvalue weighted by molar-refractivity contribution is 7.49. The van der Waals surface area contributed by atoms with E-state index in [0.717, 1.165) is 16.5 Å². The molecule has 0 bridgehead atoms. The molecule has 2 aromatic carbocycles. The Kier molecular flexibility index (Phi) is 8.95. The van der Waals surface area contributed by atoms with Gasteiger partial charge in [-0.1, -0.05) is 34.8 Å². The van der Waals surface area contributed by atoms with E-state index < -0.39 is 44.5 Å². The highest BCUT2D eigenvalue weighted by atomic mass is 35.5. The number of imidazole rings is 1. The van der Waals surface area contributed by atoms with Gasteiger partial charge in [-0.05, 0) is 42.3 Å². The first-order valence-electron chi connectivity index (χ1n) is 14.0. The first-order chi connectivity index (χ1) is 21.6. The smallest absolute Gasteiger partial charge is 0.313 e. The molecule has 0 aliphatic carbocycles. The normalized spacial score (nSPS) is 21.4. The zero-order valence-electron chi connectivity index (χ0n) is 23.7. The van der Waals surface area contributed by atoms with E-state index in [-0.39, 0.29) is 36.8 Å². The lowest BCUT2D eigenvalue weighted by Gasteiger charge is -2.26.